The van der Waals surface area contributed by atoms with Crippen LogP contribution in [0.2, 0.25) is 0 Å². The molecule has 0 bridgehead atoms. The van der Waals surface area contributed by atoms with Gasteiger partial charge in [-0.25, -0.2) is 4.79 Å². The number of hydrogen-bond acceptors (Lipinski definition) is 2. The minimum atomic E-state index is -0.901. The molecule has 1 fully saturated rings. The van der Waals surface area contributed by atoms with Crippen LogP contribution in [-0.2, 0) is 4.74 Å². The van der Waals surface area contributed by atoms with Crippen LogP contribution >= 0.6 is 15.8 Å². The molecule has 0 aliphatic carbocycles. The highest BCUT2D eigenvalue weighted by Gasteiger charge is 2.53. The Morgan fingerprint density at radius 2 is 1.10 bits per heavy atom. The lowest BCUT2D eigenvalue weighted by Crippen LogP contribution is -2.49. The van der Waals surface area contributed by atoms with E-state index in [1.54, 1.807) is 0 Å². The van der Waals surface area contributed by atoms with Crippen LogP contribution < -0.4 is 21.2 Å². The fraction of sp³-hybridized carbons (Fsp3) is 0.265. The minimum Gasteiger partial charge on any atom is -0.444 e. The molecular weight excluding hydrogens is 516 g/mol. The van der Waals surface area contributed by atoms with Gasteiger partial charge in [0, 0.05) is 12.2 Å². The second kappa shape index (κ2) is 11.6. The molecule has 1 amide bonds. The molecule has 5 heteroatoms. The first-order valence-electron chi connectivity index (χ1n) is 13.6. The van der Waals surface area contributed by atoms with Crippen LogP contribution in [0.25, 0.3) is 0 Å². The fourth-order valence-corrected chi connectivity index (χ4v) is 11.9. The van der Waals surface area contributed by atoms with Crippen molar-refractivity contribution in [3.8, 4) is 0 Å². The Kier molecular flexibility index (Phi) is 8.22. The van der Waals surface area contributed by atoms with E-state index < -0.39 is 26.7 Å². The number of likely N-dealkylation sites (tertiary alicyclic amines) is 1. The molecule has 2 atom stereocenters. The molecule has 0 N–H and O–H groups in total. The van der Waals surface area contributed by atoms with E-state index in [2.05, 4.69) is 133 Å². The van der Waals surface area contributed by atoms with E-state index in [1.165, 1.54) is 21.2 Å². The molecule has 1 aliphatic heterocycles. The average Bonchev–Trinajstić information content (AvgIpc) is 3.28. The van der Waals surface area contributed by atoms with Crippen LogP contribution in [0.5, 0.6) is 0 Å². The molecule has 1 heterocycles. The second-order valence-corrected chi connectivity index (χ2v) is 16.4. The number of nitrogens with zero attached hydrogens (tertiary/aromatic N) is 1. The third-order valence-electron chi connectivity index (χ3n) is 7.16. The highest BCUT2D eigenvalue weighted by molar-refractivity contribution is 7.75. The first kappa shape index (κ1) is 27.6. The van der Waals surface area contributed by atoms with Gasteiger partial charge in [-0.2, -0.15) is 0 Å². The standard InChI is InChI=1S/C34H37NO2P2/c1-33(2,3)37-32(36)35-26-31(38(27-17-9-5-10-18-27)28-19-11-6-12-20-28)25-34(35,4)39(29-21-13-7-14-22-29)30-23-15-8-16-24-30/h5-24,31H,25-26H2,1-4H3/t31-,34+/m0/s1. The fourth-order valence-electron chi connectivity index (χ4n) is 5.61. The van der Waals surface area contributed by atoms with Crippen molar-refractivity contribution in [3.63, 3.8) is 0 Å². The monoisotopic (exact) mass is 553 g/mol. The van der Waals surface area contributed by atoms with Crippen molar-refractivity contribution in [2.45, 2.75) is 50.7 Å². The Labute approximate surface area is 235 Å². The molecule has 5 rings (SSSR count). The van der Waals surface area contributed by atoms with Crippen LogP contribution in [0.15, 0.2) is 121 Å². The van der Waals surface area contributed by atoms with E-state index in [-0.39, 0.29) is 6.09 Å². The van der Waals surface area contributed by atoms with Gasteiger partial charge < -0.3 is 4.74 Å². The number of ether oxygens (including phenoxy) is 1. The summed E-state index contributed by atoms with van der Waals surface area (Å²) in [4.78, 5) is 16.1. The Balaban J connectivity index is 1.65. The van der Waals surface area contributed by atoms with Gasteiger partial charge in [-0.3, -0.25) is 4.90 Å². The summed E-state index contributed by atoms with van der Waals surface area (Å²) in [6.07, 6.45) is 0.681. The van der Waals surface area contributed by atoms with E-state index in [4.69, 9.17) is 4.74 Å². The van der Waals surface area contributed by atoms with Gasteiger partial charge in [0.05, 0.1) is 5.28 Å². The molecular formula is C34H37NO2P2. The lowest BCUT2D eigenvalue weighted by molar-refractivity contribution is 0.0207. The van der Waals surface area contributed by atoms with E-state index in [1.807, 2.05) is 20.8 Å². The van der Waals surface area contributed by atoms with Crippen LogP contribution in [0, 0.1) is 0 Å². The van der Waals surface area contributed by atoms with Crippen molar-refractivity contribution in [1.82, 2.24) is 4.90 Å². The molecule has 0 spiro atoms. The van der Waals surface area contributed by atoms with E-state index in [9.17, 15) is 4.79 Å². The van der Waals surface area contributed by atoms with Gasteiger partial charge in [0.25, 0.3) is 0 Å². The third-order valence-corrected chi connectivity index (χ3v) is 13.0. The molecule has 3 nitrogen and oxygen atoms in total. The summed E-state index contributed by atoms with van der Waals surface area (Å²) in [5.41, 5.74) is -0.276. The van der Waals surface area contributed by atoms with Gasteiger partial charge >= 0.3 is 6.09 Å². The Hall–Kier alpha value is -2.99. The van der Waals surface area contributed by atoms with Gasteiger partial charge in [0.2, 0.25) is 0 Å². The number of carbonyl (C=O) groups is 1. The van der Waals surface area contributed by atoms with Crippen LogP contribution in [0.1, 0.15) is 34.1 Å². The van der Waals surface area contributed by atoms with Gasteiger partial charge in [0.15, 0.2) is 0 Å². The van der Waals surface area contributed by atoms with Crippen molar-refractivity contribution in [2.24, 2.45) is 0 Å². The normalized spacial score (nSPS) is 19.4. The average molecular weight is 554 g/mol. The second-order valence-electron chi connectivity index (χ2n) is 11.2. The highest BCUT2D eigenvalue weighted by atomic mass is 31.1. The predicted molar refractivity (Wildman–Crippen MR) is 168 cm³/mol. The summed E-state index contributed by atoms with van der Waals surface area (Å²) in [6.45, 7) is 8.82. The molecule has 4 aromatic rings. The summed E-state index contributed by atoms with van der Waals surface area (Å²) in [6, 6.07) is 43.2. The maximum absolute atomic E-state index is 14.0. The highest BCUT2D eigenvalue weighted by Crippen LogP contribution is 2.60. The SMILES string of the molecule is CC(C)(C)OC(=O)N1C[C@@H](P(c2ccccc2)c2ccccc2)C[C@@]1(C)P(c1ccccc1)c1ccccc1. The van der Waals surface area contributed by atoms with Crippen LogP contribution in [0.4, 0.5) is 4.79 Å². The molecule has 39 heavy (non-hydrogen) atoms. The van der Waals surface area contributed by atoms with E-state index >= 15 is 0 Å². The number of benzene rings is 4. The number of rotatable bonds is 6. The maximum atomic E-state index is 14.0. The molecule has 0 saturated carbocycles. The van der Waals surface area contributed by atoms with Crippen LogP contribution in [0.3, 0.4) is 0 Å². The molecule has 1 saturated heterocycles. The van der Waals surface area contributed by atoms with Crippen molar-refractivity contribution in [1.29, 1.82) is 0 Å². The van der Waals surface area contributed by atoms with Crippen molar-refractivity contribution >= 4 is 43.2 Å². The first-order valence-corrected chi connectivity index (χ1v) is 16.3. The summed E-state index contributed by atoms with van der Waals surface area (Å²) in [5.74, 6) is 0. The summed E-state index contributed by atoms with van der Waals surface area (Å²) in [5, 5.41) is 4.83. The Morgan fingerprint density at radius 1 is 0.718 bits per heavy atom. The Bertz CT molecular complexity index is 1280. The first-order chi connectivity index (χ1) is 18.8. The minimum absolute atomic E-state index is 0.220. The molecule has 200 valence electrons. The molecule has 0 aromatic heterocycles. The predicted octanol–water partition coefficient (Wildman–Crippen LogP) is 6.98. The summed E-state index contributed by atoms with van der Waals surface area (Å²) in [7, 11) is -1.60. The number of hydrogen-bond donors (Lipinski definition) is 0. The molecule has 0 unspecified atom stereocenters. The summed E-state index contributed by atoms with van der Waals surface area (Å²) < 4.78 is 6.08. The van der Waals surface area contributed by atoms with Crippen LogP contribution in [-0.4, -0.2) is 34.1 Å². The van der Waals surface area contributed by atoms with Crippen molar-refractivity contribution < 1.29 is 9.53 Å². The zero-order valence-corrected chi connectivity index (χ0v) is 25.0. The van der Waals surface area contributed by atoms with Gasteiger partial charge in [-0.15, -0.1) is 0 Å². The van der Waals surface area contributed by atoms with Gasteiger partial charge in [-0.1, -0.05) is 121 Å². The Morgan fingerprint density at radius 3 is 1.49 bits per heavy atom. The van der Waals surface area contributed by atoms with Crippen molar-refractivity contribution in [2.75, 3.05) is 6.54 Å². The largest absolute Gasteiger partial charge is 0.444 e. The molecule has 0 radical (unpaired) electrons. The lowest BCUT2D eigenvalue weighted by atomic mass is 10.2. The number of carbonyl (C=O) groups excluding carboxylic acids is 1. The zero-order chi connectivity index (χ0) is 27.5. The van der Waals surface area contributed by atoms with Gasteiger partial charge in [-0.05, 0) is 71.2 Å². The molecule has 4 aromatic carbocycles. The zero-order valence-electron chi connectivity index (χ0n) is 23.2. The topological polar surface area (TPSA) is 29.5 Å². The number of amides is 1. The van der Waals surface area contributed by atoms with Gasteiger partial charge in [0.1, 0.15) is 5.60 Å². The van der Waals surface area contributed by atoms with E-state index in [0.29, 0.717) is 12.2 Å². The van der Waals surface area contributed by atoms with Crippen molar-refractivity contribution in [3.05, 3.63) is 121 Å². The quantitative estimate of drug-likeness (QED) is 0.241. The van der Waals surface area contributed by atoms with E-state index in [0.717, 1.165) is 6.42 Å². The molecule has 1 aliphatic rings. The lowest BCUT2D eigenvalue weighted by Gasteiger charge is -2.42. The smallest absolute Gasteiger partial charge is 0.411 e. The summed E-state index contributed by atoms with van der Waals surface area (Å²) >= 11 is 0. The maximum Gasteiger partial charge on any atom is 0.411 e. The third kappa shape index (κ3) is 6.11.